The van der Waals surface area contributed by atoms with E-state index in [0.717, 1.165) is 24.1 Å². The molecule has 0 saturated carbocycles. The van der Waals surface area contributed by atoms with E-state index < -0.39 is 11.7 Å². The smallest absolute Gasteiger partial charge is 0.416 e. The van der Waals surface area contributed by atoms with Crippen LogP contribution in [0.15, 0.2) is 42.5 Å². The summed E-state index contributed by atoms with van der Waals surface area (Å²) >= 11 is 0. The predicted molar refractivity (Wildman–Crippen MR) is 117 cm³/mol. The number of anilines is 1. The van der Waals surface area contributed by atoms with Crippen molar-refractivity contribution in [3.8, 4) is 5.75 Å². The van der Waals surface area contributed by atoms with Gasteiger partial charge in [0.25, 0.3) is 5.91 Å². The van der Waals surface area contributed by atoms with Crippen LogP contribution in [-0.2, 0) is 17.5 Å². The highest BCUT2D eigenvalue weighted by Gasteiger charge is 2.31. The molecule has 1 heterocycles. The van der Waals surface area contributed by atoms with Gasteiger partial charge in [-0.25, -0.2) is 0 Å². The first-order valence-corrected chi connectivity index (χ1v) is 10.9. The van der Waals surface area contributed by atoms with Gasteiger partial charge in [0.05, 0.1) is 18.8 Å². The van der Waals surface area contributed by atoms with Gasteiger partial charge in [-0.1, -0.05) is 13.0 Å². The lowest BCUT2D eigenvalue weighted by Gasteiger charge is -2.36. The molecule has 3 rings (SSSR count). The van der Waals surface area contributed by atoms with Crippen molar-refractivity contribution >= 4 is 11.6 Å². The highest BCUT2D eigenvalue weighted by Crippen LogP contribution is 2.32. The summed E-state index contributed by atoms with van der Waals surface area (Å²) in [5, 5.41) is 0. The van der Waals surface area contributed by atoms with Gasteiger partial charge in [0.15, 0.2) is 0 Å². The van der Waals surface area contributed by atoms with Crippen LogP contribution in [0.4, 0.5) is 18.9 Å². The third kappa shape index (κ3) is 5.94. The Hall–Kier alpha value is -2.74. The second-order valence-electron chi connectivity index (χ2n) is 7.64. The molecule has 1 fully saturated rings. The number of hydrogen-bond acceptors (Lipinski definition) is 4. The van der Waals surface area contributed by atoms with Gasteiger partial charge >= 0.3 is 6.18 Å². The van der Waals surface area contributed by atoms with Gasteiger partial charge in [-0.15, -0.1) is 0 Å². The topological polar surface area (TPSA) is 42.0 Å². The fraction of sp³-hybridized carbons (Fsp3) is 0.458. The summed E-state index contributed by atoms with van der Waals surface area (Å²) in [4.78, 5) is 16.7. The quantitative estimate of drug-likeness (QED) is 0.532. The van der Waals surface area contributed by atoms with E-state index in [-0.39, 0.29) is 5.91 Å². The van der Waals surface area contributed by atoms with Gasteiger partial charge in [-0.3, -0.25) is 4.79 Å². The molecule has 2 aromatic carbocycles. The maximum atomic E-state index is 13.1. The number of ether oxygens (including phenoxy) is 2. The lowest BCUT2D eigenvalue weighted by atomic mass is 10.1. The molecule has 0 radical (unpaired) electrons. The van der Waals surface area contributed by atoms with Crippen molar-refractivity contribution in [3.63, 3.8) is 0 Å². The lowest BCUT2D eigenvalue weighted by Crippen LogP contribution is -2.48. The Labute approximate surface area is 186 Å². The average Bonchev–Trinajstić information content (AvgIpc) is 2.79. The molecule has 0 atom stereocenters. The van der Waals surface area contributed by atoms with Crippen LogP contribution in [0.25, 0.3) is 0 Å². The van der Waals surface area contributed by atoms with E-state index in [4.69, 9.17) is 9.47 Å². The summed E-state index contributed by atoms with van der Waals surface area (Å²) in [5.41, 5.74) is 1.23. The molecule has 1 amide bonds. The molecule has 5 nitrogen and oxygen atoms in total. The molecule has 1 aliphatic heterocycles. The Morgan fingerprint density at radius 2 is 1.78 bits per heavy atom. The van der Waals surface area contributed by atoms with Crippen molar-refractivity contribution in [1.82, 2.24) is 4.90 Å². The van der Waals surface area contributed by atoms with Crippen molar-refractivity contribution < 1.29 is 27.4 Å². The van der Waals surface area contributed by atoms with Crippen LogP contribution in [0.5, 0.6) is 5.75 Å². The maximum absolute atomic E-state index is 13.1. The van der Waals surface area contributed by atoms with Crippen LogP contribution in [0.1, 0.15) is 41.8 Å². The Morgan fingerprint density at radius 3 is 2.44 bits per heavy atom. The first-order valence-electron chi connectivity index (χ1n) is 10.9. The molecule has 0 aromatic heterocycles. The first kappa shape index (κ1) is 23.9. The molecule has 0 unspecified atom stereocenters. The van der Waals surface area contributed by atoms with Crippen LogP contribution in [-0.4, -0.2) is 50.2 Å². The SMILES string of the molecule is CCCOCc1cc(C(=O)N2CCN(c3cccc(C(F)(F)F)c3)CC2)ccc1OCC. The van der Waals surface area contributed by atoms with Gasteiger partial charge in [-0.2, -0.15) is 13.2 Å². The van der Waals surface area contributed by atoms with Gasteiger partial charge in [-0.05, 0) is 49.7 Å². The number of hydrogen-bond donors (Lipinski definition) is 0. The van der Waals surface area contributed by atoms with Gasteiger partial charge in [0.1, 0.15) is 5.75 Å². The van der Waals surface area contributed by atoms with E-state index in [1.165, 1.54) is 6.07 Å². The fourth-order valence-corrected chi connectivity index (χ4v) is 3.68. The van der Waals surface area contributed by atoms with Crippen molar-refractivity contribution in [3.05, 3.63) is 59.2 Å². The number of alkyl halides is 3. The highest BCUT2D eigenvalue weighted by atomic mass is 19.4. The summed E-state index contributed by atoms with van der Waals surface area (Å²) < 4.78 is 50.3. The van der Waals surface area contributed by atoms with Crippen LogP contribution < -0.4 is 9.64 Å². The van der Waals surface area contributed by atoms with Gasteiger partial charge < -0.3 is 19.3 Å². The molecule has 1 saturated heterocycles. The zero-order valence-corrected chi connectivity index (χ0v) is 18.5. The Morgan fingerprint density at radius 1 is 1.03 bits per heavy atom. The number of rotatable bonds is 8. The van der Waals surface area contributed by atoms with Crippen LogP contribution in [0.3, 0.4) is 0 Å². The van der Waals surface area contributed by atoms with Crippen molar-refractivity contribution in [1.29, 1.82) is 0 Å². The second-order valence-corrected chi connectivity index (χ2v) is 7.64. The molecule has 174 valence electrons. The number of carbonyl (C=O) groups is 1. The van der Waals surface area contributed by atoms with Crippen LogP contribution in [0.2, 0.25) is 0 Å². The largest absolute Gasteiger partial charge is 0.494 e. The van der Waals surface area contributed by atoms with Gasteiger partial charge in [0.2, 0.25) is 0 Å². The van der Waals surface area contributed by atoms with E-state index in [1.54, 1.807) is 23.1 Å². The van der Waals surface area contributed by atoms with Crippen molar-refractivity contribution in [2.45, 2.75) is 33.1 Å². The maximum Gasteiger partial charge on any atom is 0.416 e. The summed E-state index contributed by atoms with van der Waals surface area (Å²) in [7, 11) is 0. The number of piperazine rings is 1. The molecule has 2 aromatic rings. The van der Waals surface area contributed by atoms with E-state index in [9.17, 15) is 18.0 Å². The third-order valence-electron chi connectivity index (χ3n) is 5.32. The Kier molecular flexibility index (Phi) is 8.01. The minimum Gasteiger partial charge on any atom is -0.494 e. The van der Waals surface area contributed by atoms with Crippen LogP contribution >= 0.6 is 0 Å². The standard InChI is InChI=1S/C24H29F3N2O3/c1-3-14-31-17-19-15-18(8-9-22(19)32-4-2)23(30)29-12-10-28(11-13-29)21-7-5-6-20(16-21)24(25,26)27/h5-9,15-16H,3-4,10-14,17H2,1-2H3. The number of carbonyl (C=O) groups excluding carboxylic acids is 1. The first-order chi connectivity index (χ1) is 15.3. The number of nitrogens with zero attached hydrogens (tertiary/aromatic N) is 2. The molecular formula is C24H29F3N2O3. The third-order valence-corrected chi connectivity index (χ3v) is 5.32. The summed E-state index contributed by atoms with van der Waals surface area (Å²) in [5.74, 6) is 0.600. The predicted octanol–water partition coefficient (Wildman–Crippen LogP) is 4.99. The minimum atomic E-state index is -4.37. The fourth-order valence-electron chi connectivity index (χ4n) is 3.68. The van der Waals surface area contributed by atoms with E-state index in [0.29, 0.717) is 63.0 Å². The van der Waals surface area contributed by atoms with E-state index in [2.05, 4.69) is 0 Å². The molecule has 8 heteroatoms. The lowest BCUT2D eigenvalue weighted by molar-refractivity contribution is -0.137. The summed E-state index contributed by atoms with van der Waals surface area (Å²) in [6.07, 6.45) is -3.47. The minimum absolute atomic E-state index is 0.103. The van der Waals surface area contributed by atoms with Crippen molar-refractivity contribution in [2.24, 2.45) is 0 Å². The van der Waals surface area contributed by atoms with E-state index in [1.807, 2.05) is 24.8 Å². The number of amides is 1. The summed E-state index contributed by atoms with van der Waals surface area (Å²) in [6, 6.07) is 10.7. The van der Waals surface area contributed by atoms with Gasteiger partial charge in [0, 0.05) is 49.6 Å². The molecule has 0 spiro atoms. The molecule has 0 N–H and O–H groups in total. The molecule has 0 bridgehead atoms. The normalized spacial score (nSPS) is 14.5. The molecule has 0 aliphatic carbocycles. The molecular weight excluding hydrogens is 421 g/mol. The summed E-state index contributed by atoms with van der Waals surface area (Å²) in [6.45, 7) is 7.25. The monoisotopic (exact) mass is 450 g/mol. The molecule has 1 aliphatic rings. The number of halogens is 3. The second kappa shape index (κ2) is 10.7. The van der Waals surface area contributed by atoms with E-state index >= 15 is 0 Å². The van der Waals surface area contributed by atoms with Crippen molar-refractivity contribution in [2.75, 3.05) is 44.3 Å². The highest BCUT2D eigenvalue weighted by molar-refractivity contribution is 5.94. The van der Waals surface area contributed by atoms with Crippen LogP contribution in [0, 0.1) is 0 Å². The Bertz CT molecular complexity index is 910. The zero-order valence-electron chi connectivity index (χ0n) is 18.5. The molecule has 32 heavy (non-hydrogen) atoms. The number of benzene rings is 2. The average molecular weight is 451 g/mol. The zero-order chi connectivity index (χ0) is 23.1. The Balaban J connectivity index is 1.66.